The normalized spacial score (nSPS) is 22.2. The Labute approximate surface area is 119 Å². The summed E-state index contributed by atoms with van der Waals surface area (Å²) in [6.07, 6.45) is 2.29. The van der Waals surface area contributed by atoms with Crippen molar-refractivity contribution in [2.45, 2.75) is 39.2 Å². The van der Waals surface area contributed by atoms with Crippen LogP contribution < -0.4 is 21.2 Å². The number of carbonyl (C=O) groups is 2. The Bertz CT molecular complexity index is 404. The number of piperidine rings is 1. The highest BCUT2D eigenvalue weighted by Crippen LogP contribution is 2.39. The maximum Gasteiger partial charge on any atom is 0.333 e. The van der Waals surface area contributed by atoms with Gasteiger partial charge in [0, 0.05) is 13.1 Å². The highest BCUT2D eigenvalue weighted by Gasteiger charge is 2.38. The Morgan fingerprint density at radius 1 is 1.50 bits per heavy atom. The van der Waals surface area contributed by atoms with Gasteiger partial charge in [0.05, 0.1) is 6.04 Å². The van der Waals surface area contributed by atoms with Gasteiger partial charge >= 0.3 is 13.6 Å². The molecule has 0 aromatic heterocycles. The summed E-state index contributed by atoms with van der Waals surface area (Å²) in [4.78, 5) is 23.7. The van der Waals surface area contributed by atoms with Gasteiger partial charge in [-0.2, -0.15) is 0 Å². The Morgan fingerprint density at radius 3 is 2.80 bits per heavy atom. The van der Waals surface area contributed by atoms with E-state index in [1.54, 1.807) is 6.92 Å². The zero-order chi connectivity index (χ0) is 15.2. The molecule has 1 fully saturated rings. The van der Waals surface area contributed by atoms with E-state index < -0.39 is 13.6 Å². The van der Waals surface area contributed by atoms with Gasteiger partial charge in [-0.15, -0.1) is 0 Å². The Balaban J connectivity index is 2.70. The molecule has 0 saturated carbocycles. The minimum Gasteiger partial charge on any atom is -0.338 e. The van der Waals surface area contributed by atoms with Gasteiger partial charge in [0.25, 0.3) is 0 Å². The molecule has 3 amide bonds. The van der Waals surface area contributed by atoms with Crippen molar-refractivity contribution in [1.82, 2.24) is 20.4 Å². The average Bonchev–Trinajstić information content (AvgIpc) is 2.37. The van der Waals surface area contributed by atoms with Crippen LogP contribution in [-0.4, -0.2) is 42.3 Å². The minimum absolute atomic E-state index is 0.295. The fourth-order valence-electron chi connectivity index (χ4n) is 2.07. The van der Waals surface area contributed by atoms with E-state index in [1.807, 2.05) is 6.92 Å². The Kier molecular flexibility index (Phi) is 6.45. The van der Waals surface area contributed by atoms with Gasteiger partial charge in [-0.3, -0.25) is 19.1 Å². The van der Waals surface area contributed by atoms with Gasteiger partial charge in [-0.25, -0.2) is 10.3 Å². The number of rotatable bonds is 6. The van der Waals surface area contributed by atoms with Gasteiger partial charge in [-0.1, -0.05) is 6.92 Å². The van der Waals surface area contributed by atoms with Crippen LogP contribution in [0, 0.1) is 0 Å². The number of nitrogens with zero attached hydrogens (tertiary/aromatic N) is 1. The minimum atomic E-state index is -3.70. The van der Waals surface area contributed by atoms with Gasteiger partial charge in [0.2, 0.25) is 5.91 Å². The summed E-state index contributed by atoms with van der Waals surface area (Å²) in [6.45, 7) is 5.13. The van der Waals surface area contributed by atoms with E-state index in [0.717, 1.165) is 11.1 Å². The van der Waals surface area contributed by atoms with Crippen molar-refractivity contribution in [3.05, 3.63) is 0 Å². The van der Waals surface area contributed by atoms with Crippen LogP contribution in [0.5, 0.6) is 0 Å². The lowest BCUT2D eigenvalue weighted by Crippen LogP contribution is -2.53. The molecule has 0 radical (unpaired) electrons. The second kappa shape index (κ2) is 7.61. The molecule has 1 heterocycles. The van der Waals surface area contributed by atoms with E-state index in [1.165, 1.54) is 0 Å². The average molecular weight is 305 g/mol. The largest absolute Gasteiger partial charge is 0.338 e. The van der Waals surface area contributed by atoms with E-state index in [0.29, 0.717) is 32.5 Å². The molecular formula is C11H24N5O3P. The molecule has 0 aromatic rings. The van der Waals surface area contributed by atoms with E-state index >= 15 is 0 Å². The molecule has 0 aromatic carbocycles. The highest BCUT2D eigenvalue weighted by molar-refractivity contribution is 7.58. The first kappa shape index (κ1) is 16.9. The van der Waals surface area contributed by atoms with Crippen LogP contribution in [0.1, 0.15) is 33.1 Å². The third kappa shape index (κ3) is 4.47. The summed E-state index contributed by atoms with van der Waals surface area (Å²) < 4.78 is 13.5. The predicted molar refractivity (Wildman–Crippen MR) is 77.0 cm³/mol. The summed E-state index contributed by atoms with van der Waals surface area (Å²) in [7, 11) is -3.70. The molecule has 1 saturated heterocycles. The first-order valence-corrected chi connectivity index (χ1v) is 8.65. The van der Waals surface area contributed by atoms with E-state index in [4.69, 9.17) is 5.50 Å². The molecule has 0 aliphatic carbocycles. The summed E-state index contributed by atoms with van der Waals surface area (Å²) in [5.41, 5.74) is 5.66. The lowest BCUT2D eigenvalue weighted by molar-refractivity contribution is -0.130. The van der Waals surface area contributed by atoms with Crippen molar-refractivity contribution in [2.24, 2.45) is 5.50 Å². The molecule has 5 N–H and O–H groups in total. The molecule has 1 unspecified atom stereocenters. The highest BCUT2D eigenvalue weighted by atomic mass is 31.2. The number of carbonyl (C=O) groups excluding carboxylic acids is 2. The third-order valence-corrected chi connectivity index (χ3v) is 4.65. The number of hydrogen-bond donors (Lipinski definition) is 4. The topological polar surface area (TPSA) is 117 Å². The van der Waals surface area contributed by atoms with Crippen molar-refractivity contribution in [3.8, 4) is 0 Å². The van der Waals surface area contributed by atoms with Crippen molar-refractivity contribution >= 4 is 19.5 Å². The lowest BCUT2D eigenvalue weighted by Gasteiger charge is -2.35. The van der Waals surface area contributed by atoms with Crippen molar-refractivity contribution in [2.75, 3.05) is 19.6 Å². The Morgan fingerprint density at radius 2 is 2.20 bits per heavy atom. The number of nitrogens with two attached hydrogens (primary N) is 1. The number of amides is 3. The molecule has 8 nitrogen and oxygen atoms in total. The van der Waals surface area contributed by atoms with E-state index in [-0.39, 0.29) is 11.9 Å². The zero-order valence-electron chi connectivity index (χ0n) is 12.0. The number of urea groups is 1. The first-order chi connectivity index (χ1) is 9.42. The number of hydrogen-bond acceptors (Lipinski definition) is 4. The van der Waals surface area contributed by atoms with Gasteiger partial charge in [0.15, 0.2) is 0 Å². The molecule has 2 atom stereocenters. The maximum atomic E-state index is 12.4. The lowest BCUT2D eigenvalue weighted by atomic mass is 10.1. The van der Waals surface area contributed by atoms with Crippen molar-refractivity contribution in [3.63, 3.8) is 0 Å². The first-order valence-electron chi connectivity index (χ1n) is 6.92. The summed E-state index contributed by atoms with van der Waals surface area (Å²) in [5, 5.41) is 7.75. The molecule has 116 valence electrons. The molecule has 1 rings (SSSR count). The fraction of sp³-hybridized carbons (Fsp3) is 0.818. The second-order valence-corrected chi connectivity index (χ2v) is 6.66. The second-order valence-electron chi connectivity index (χ2n) is 4.70. The van der Waals surface area contributed by atoms with Crippen LogP contribution in [0.15, 0.2) is 0 Å². The smallest absolute Gasteiger partial charge is 0.333 e. The maximum absolute atomic E-state index is 12.4. The predicted octanol–water partition coefficient (Wildman–Crippen LogP) is 0.363. The zero-order valence-corrected chi connectivity index (χ0v) is 12.9. The molecule has 20 heavy (non-hydrogen) atoms. The summed E-state index contributed by atoms with van der Waals surface area (Å²) in [6, 6.07) is -1.01. The molecule has 9 heteroatoms. The van der Waals surface area contributed by atoms with Crippen LogP contribution in [0.25, 0.3) is 0 Å². The quantitative estimate of drug-likeness (QED) is 0.529. The molecule has 1 aliphatic rings. The molecule has 0 spiro atoms. The molecule has 0 bridgehead atoms. The van der Waals surface area contributed by atoms with Crippen LogP contribution in [0.3, 0.4) is 0 Å². The molecular weight excluding hydrogens is 281 g/mol. The van der Waals surface area contributed by atoms with Crippen LogP contribution >= 0.6 is 7.59 Å². The number of nitrogens with one attached hydrogen (secondary N) is 3. The van der Waals surface area contributed by atoms with Crippen LogP contribution in [-0.2, 0) is 9.36 Å². The van der Waals surface area contributed by atoms with Crippen LogP contribution in [0.2, 0.25) is 0 Å². The third-order valence-electron chi connectivity index (χ3n) is 3.01. The van der Waals surface area contributed by atoms with Gasteiger partial charge in [0.1, 0.15) is 0 Å². The monoisotopic (exact) mass is 305 g/mol. The summed E-state index contributed by atoms with van der Waals surface area (Å²) in [5.74, 6) is -0.313. The molecule has 1 aliphatic heterocycles. The van der Waals surface area contributed by atoms with Crippen molar-refractivity contribution < 1.29 is 14.2 Å². The fourth-order valence-corrected chi connectivity index (χ4v) is 3.43. The van der Waals surface area contributed by atoms with Crippen LogP contribution in [0.4, 0.5) is 4.79 Å². The van der Waals surface area contributed by atoms with Gasteiger partial charge in [-0.05, 0) is 32.7 Å². The van der Waals surface area contributed by atoms with E-state index in [2.05, 4.69) is 15.7 Å². The Hall–Kier alpha value is -1.11. The summed E-state index contributed by atoms with van der Waals surface area (Å²) >= 11 is 0. The van der Waals surface area contributed by atoms with Gasteiger partial charge < -0.3 is 10.6 Å². The van der Waals surface area contributed by atoms with E-state index in [9.17, 15) is 14.2 Å². The standard InChI is InChI=1S/C11H24N5O3P/c1-3-7-14-9-6-5-8-16(10(9)17)20(12,19)15-11(18)13-4-2/h9,14H,3-8H2,1-2H3,(H4,12,13,15,18,19)/t9-,20?/m0/s1. The van der Waals surface area contributed by atoms with Crippen molar-refractivity contribution in [1.29, 1.82) is 0 Å². The SMILES string of the molecule is CCCN[C@H]1CCCN(P(N)(=O)NC(=O)NCC)C1=O.